The summed E-state index contributed by atoms with van der Waals surface area (Å²) in [7, 11) is -2.26. The fraction of sp³-hybridized carbons (Fsp3) is 0.542. The second-order valence-corrected chi connectivity index (χ2v) is 15.1. The van der Waals surface area contributed by atoms with Gasteiger partial charge in [-0.15, -0.1) is 0 Å². The Balaban J connectivity index is 1.84. The summed E-state index contributed by atoms with van der Waals surface area (Å²) in [6.07, 6.45) is -3.84. The monoisotopic (exact) mass is 508 g/mol. The molecule has 1 aliphatic rings. The molecular weight excluding hydrogens is 475 g/mol. The number of carbonyl (C=O) groups is 1. The molecule has 1 saturated heterocycles. The van der Waals surface area contributed by atoms with Crippen molar-refractivity contribution in [2.75, 3.05) is 6.61 Å². The van der Waals surface area contributed by atoms with Crippen molar-refractivity contribution in [3.8, 4) is 0 Å². The van der Waals surface area contributed by atoms with E-state index >= 15 is 4.39 Å². The van der Waals surface area contributed by atoms with Gasteiger partial charge in [-0.05, 0) is 30.6 Å². The zero-order valence-electron chi connectivity index (χ0n) is 20.9. The van der Waals surface area contributed by atoms with Crippen LogP contribution in [0.15, 0.2) is 52.2 Å². The summed E-state index contributed by atoms with van der Waals surface area (Å²) in [6, 6.07) is 10.1. The number of ether oxygens (including phenoxy) is 3. The number of rotatable bonds is 7. The molecule has 1 aromatic heterocycles. The van der Waals surface area contributed by atoms with Crippen LogP contribution in [0.3, 0.4) is 0 Å². The van der Waals surface area contributed by atoms with Crippen LogP contribution in [0, 0.1) is 0 Å². The molecule has 1 N–H and O–H groups in total. The summed E-state index contributed by atoms with van der Waals surface area (Å²) < 4.78 is 39.8. The van der Waals surface area contributed by atoms with Crippen LogP contribution >= 0.6 is 0 Å². The van der Waals surface area contributed by atoms with E-state index in [-0.39, 0.29) is 18.3 Å². The molecular formula is C24H33FN2O7Si. The predicted octanol–water partition coefficient (Wildman–Crippen LogP) is 3.91. The number of benzene rings is 1. The van der Waals surface area contributed by atoms with E-state index in [1.54, 1.807) is 24.3 Å². The summed E-state index contributed by atoms with van der Waals surface area (Å²) in [5, 5.41) is -0.120. The van der Waals surface area contributed by atoms with Crippen molar-refractivity contribution >= 4 is 14.5 Å². The Bertz CT molecular complexity index is 1140. The number of carbonyl (C=O) groups excluding carboxylic acids is 1. The maximum atomic E-state index is 16.2. The quantitative estimate of drug-likeness (QED) is 0.446. The van der Waals surface area contributed by atoms with E-state index in [1.807, 2.05) is 19.2 Å². The summed E-state index contributed by atoms with van der Waals surface area (Å²) in [4.78, 5) is 38.4. The highest BCUT2D eigenvalue weighted by molar-refractivity contribution is 6.74. The van der Waals surface area contributed by atoms with E-state index in [0.29, 0.717) is 0 Å². The van der Waals surface area contributed by atoms with Crippen molar-refractivity contribution in [1.82, 2.24) is 9.55 Å². The Kier molecular flexibility index (Phi) is 7.73. The van der Waals surface area contributed by atoms with E-state index in [4.69, 9.17) is 18.6 Å². The number of nitrogens with zero attached hydrogens (tertiary/aromatic N) is 1. The lowest BCUT2D eigenvalue weighted by Crippen LogP contribution is -2.48. The number of hydrogen-bond acceptors (Lipinski definition) is 7. The Labute approximate surface area is 204 Å². The molecule has 1 aromatic carbocycles. The van der Waals surface area contributed by atoms with Crippen LogP contribution in [0.25, 0.3) is 0 Å². The molecule has 0 saturated carbocycles. The maximum Gasteiger partial charge on any atom is 0.509 e. The maximum absolute atomic E-state index is 16.2. The zero-order chi connectivity index (χ0) is 26.0. The zero-order valence-corrected chi connectivity index (χ0v) is 21.9. The number of aromatic amines is 1. The standard InChI is InChI=1S/C24H33FN2O7Si/c1-23(2,3)35(5,6)32-15-17-19(34-22(30)31-14-16-10-8-7-9-11-16)24(4,25)20(33-17)27-13-12-18(28)26-21(27)29/h7-13,17,19-20H,14-15H2,1-6H3,(H,26,28,29)/t17-,19-,20-,24-/m1/s1. The van der Waals surface area contributed by atoms with Gasteiger partial charge in [-0.25, -0.2) is 14.0 Å². The highest BCUT2D eigenvalue weighted by Gasteiger charge is 2.59. The van der Waals surface area contributed by atoms with E-state index < -0.39 is 49.8 Å². The molecule has 1 fully saturated rings. The third-order valence-electron chi connectivity index (χ3n) is 6.62. The molecule has 35 heavy (non-hydrogen) atoms. The SMILES string of the molecule is CC(C)(C)[Si](C)(C)OC[C@H]1O[C@@H](n2ccc(=O)[nH]c2=O)[C@](C)(F)[C@@H]1OC(=O)OCc1ccccc1. The number of hydrogen-bond donors (Lipinski definition) is 1. The second kappa shape index (κ2) is 10.1. The molecule has 11 heteroatoms. The lowest BCUT2D eigenvalue weighted by Gasteiger charge is -2.37. The largest absolute Gasteiger partial charge is 0.509 e. The van der Waals surface area contributed by atoms with Crippen LogP contribution in [-0.4, -0.2) is 48.5 Å². The lowest BCUT2D eigenvalue weighted by molar-refractivity contribution is -0.0597. The number of nitrogens with one attached hydrogen (secondary N) is 1. The van der Waals surface area contributed by atoms with Crippen LogP contribution in [-0.2, 0) is 25.2 Å². The van der Waals surface area contributed by atoms with Crippen LogP contribution in [0.4, 0.5) is 9.18 Å². The highest BCUT2D eigenvalue weighted by Crippen LogP contribution is 2.44. The van der Waals surface area contributed by atoms with Gasteiger partial charge in [0.1, 0.15) is 12.7 Å². The van der Waals surface area contributed by atoms with Crippen molar-refractivity contribution in [1.29, 1.82) is 0 Å². The van der Waals surface area contributed by atoms with Gasteiger partial charge in [0.05, 0.1) is 6.61 Å². The van der Waals surface area contributed by atoms with Crippen molar-refractivity contribution < 1.29 is 27.8 Å². The smallest absolute Gasteiger partial charge is 0.429 e. The Hall–Kier alpha value is -2.76. The average Bonchev–Trinajstić information content (AvgIpc) is 3.01. The van der Waals surface area contributed by atoms with E-state index in [9.17, 15) is 14.4 Å². The molecule has 0 aliphatic carbocycles. The summed E-state index contributed by atoms with van der Waals surface area (Å²) in [6.45, 7) is 11.3. The van der Waals surface area contributed by atoms with Crippen LogP contribution in [0.1, 0.15) is 39.5 Å². The predicted molar refractivity (Wildman–Crippen MR) is 129 cm³/mol. The number of aromatic nitrogens is 2. The molecule has 0 bridgehead atoms. The molecule has 192 valence electrons. The molecule has 0 amide bonds. The molecule has 3 rings (SSSR count). The third kappa shape index (κ3) is 6.09. The minimum atomic E-state index is -2.34. The van der Waals surface area contributed by atoms with Gasteiger partial charge < -0.3 is 18.6 Å². The average molecular weight is 509 g/mol. The third-order valence-corrected chi connectivity index (χ3v) is 11.1. The Morgan fingerprint density at radius 2 is 1.86 bits per heavy atom. The first-order chi connectivity index (χ1) is 16.2. The van der Waals surface area contributed by atoms with Crippen molar-refractivity contribution in [3.05, 3.63) is 69.0 Å². The fourth-order valence-corrected chi connectivity index (χ4v) is 4.52. The first-order valence-corrected chi connectivity index (χ1v) is 14.3. The molecule has 4 atom stereocenters. The number of halogens is 1. The van der Waals surface area contributed by atoms with Crippen LogP contribution in [0.2, 0.25) is 18.1 Å². The molecule has 2 aromatic rings. The van der Waals surface area contributed by atoms with Crippen LogP contribution < -0.4 is 11.2 Å². The Morgan fingerprint density at radius 1 is 1.20 bits per heavy atom. The molecule has 9 nitrogen and oxygen atoms in total. The van der Waals surface area contributed by atoms with Crippen molar-refractivity contribution in [2.45, 2.75) is 76.5 Å². The van der Waals surface area contributed by atoms with Gasteiger partial charge in [0, 0.05) is 12.3 Å². The first kappa shape index (κ1) is 26.8. The normalized spacial score (nSPS) is 24.8. The molecule has 0 unspecified atom stereocenters. The van der Waals surface area contributed by atoms with Gasteiger partial charge in [-0.3, -0.25) is 14.3 Å². The van der Waals surface area contributed by atoms with Gasteiger partial charge in [0.2, 0.25) is 0 Å². The van der Waals surface area contributed by atoms with Gasteiger partial charge in [0.15, 0.2) is 26.3 Å². The van der Waals surface area contributed by atoms with E-state index in [2.05, 4.69) is 25.8 Å². The van der Waals surface area contributed by atoms with Gasteiger partial charge >= 0.3 is 11.8 Å². The number of alkyl halides is 1. The Morgan fingerprint density at radius 3 is 2.46 bits per heavy atom. The van der Waals surface area contributed by atoms with Crippen molar-refractivity contribution in [3.63, 3.8) is 0 Å². The van der Waals surface area contributed by atoms with E-state index in [0.717, 1.165) is 22.4 Å². The highest BCUT2D eigenvalue weighted by atomic mass is 28.4. The van der Waals surface area contributed by atoms with Gasteiger partial charge in [-0.1, -0.05) is 51.1 Å². The van der Waals surface area contributed by atoms with Gasteiger partial charge in [-0.2, -0.15) is 0 Å². The van der Waals surface area contributed by atoms with Gasteiger partial charge in [0.25, 0.3) is 5.56 Å². The molecule has 2 heterocycles. The summed E-state index contributed by atoms with van der Waals surface area (Å²) in [5.74, 6) is 0. The van der Waals surface area contributed by atoms with Crippen molar-refractivity contribution in [2.24, 2.45) is 0 Å². The number of H-pyrrole nitrogens is 1. The lowest BCUT2D eigenvalue weighted by atomic mass is 9.98. The second-order valence-electron chi connectivity index (χ2n) is 10.3. The fourth-order valence-electron chi connectivity index (χ4n) is 3.50. The molecule has 0 spiro atoms. The molecule has 0 radical (unpaired) electrons. The van der Waals surface area contributed by atoms with Crippen LogP contribution in [0.5, 0.6) is 0 Å². The van der Waals surface area contributed by atoms with E-state index in [1.165, 1.54) is 6.92 Å². The summed E-state index contributed by atoms with van der Waals surface area (Å²) >= 11 is 0. The minimum absolute atomic E-state index is 0.0514. The minimum Gasteiger partial charge on any atom is -0.429 e. The first-order valence-electron chi connectivity index (χ1n) is 11.4. The topological polar surface area (TPSA) is 109 Å². The summed E-state index contributed by atoms with van der Waals surface area (Å²) in [5.41, 5.74) is -3.07. The molecule has 1 aliphatic heterocycles.